The Kier molecular flexibility index (Phi) is 45.4. The zero-order valence-electron chi connectivity index (χ0n) is 66.3. The van der Waals surface area contributed by atoms with E-state index in [1.807, 2.05) is 97.1 Å². The molecule has 0 bridgehead atoms. The van der Waals surface area contributed by atoms with E-state index in [1.54, 1.807) is 41.5 Å². The van der Waals surface area contributed by atoms with Crippen molar-refractivity contribution >= 4 is 223 Å². The van der Waals surface area contributed by atoms with E-state index in [0.717, 1.165) is 36.5 Å². The van der Waals surface area contributed by atoms with Crippen molar-refractivity contribution < 1.29 is 114 Å². The summed E-state index contributed by atoms with van der Waals surface area (Å²) in [4.78, 5) is 94.1. The van der Waals surface area contributed by atoms with Crippen LogP contribution in [0.1, 0.15) is 76.1 Å². The minimum atomic E-state index is -1.66. The van der Waals surface area contributed by atoms with Crippen LogP contribution in [-0.2, 0) is 93.6 Å². The summed E-state index contributed by atoms with van der Waals surface area (Å²) in [7, 11) is 2.37. The van der Waals surface area contributed by atoms with E-state index in [0.29, 0.717) is 192 Å². The smallest absolute Gasteiger partial charge is 0.407 e. The molecule has 0 spiro atoms. The Bertz CT molecular complexity index is 4150. The first kappa shape index (κ1) is 101. The molecule has 6 aromatic carbocycles. The van der Waals surface area contributed by atoms with Crippen LogP contribution >= 0.6 is 181 Å². The molecule has 646 valence electrons. The summed E-state index contributed by atoms with van der Waals surface area (Å²) in [5.74, 6) is -0.141. The number of rotatable bonds is 50. The number of nitrogens with one attached hydrogen (secondary N) is 5. The van der Waals surface area contributed by atoms with Crippen LogP contribution in [0.5, 0.6) is 34.5 Å². The molecule has 5 amide bonds. The van der Waals surface area contributed by atoms with Gasteiger partial charge in [0, 0.05) is 31.8 Å². The Hall–Kier alpha value is -4.27. The van der Waals surface area contributed by atoms with Gasteiger partial charge in [0.2, 0.25) is 11.8 Å². The quantitative estimate of drug-likeness (QED) is 0.0102. The molecule has 29 nitrogen and oxygen atoms in total. The predicted molar refractivity (Wildman–Crippen MR) is 506 cm³/mol. The van der Waals surface area contributed by atoms with E-state index in [2.05, 4.69) is 207 Å². The molecule has 1 aliphatic carbocycles. The van der Waals surface area contributed by atoms with Gasteiger partial charge in [0.1, 0.15) is 72.1 Å². The first-order chi connectivity index (χ1) is 56.4. The molecule has 0 radical (unpaired) electrons. The van der Waals surface area contributed by atoms with E-state index < -0.39 is 77.8 Å². The van der Waals surface area contributed by atoms with Crippen molar-refractivity contribution in [3.05, 3.63) is 148 Å². The van der Waals surface area contributed by atoms with Crippen LogP contribution in [0.4, 0.5) is 14.4 Å². The molecule has 0 aliphatic heterocycles. The predicted octanol–water partition coefficient (Wildman–Crippen LogP) is 14.4. The largest absolute Gasteiger partial charge is 0.489 e. The van der Waals surface area contributed by atoms with Crippen LogP contribution in [0.2, 0.25) is 0 Å². The molecule has 37 heteroatoms. The molecule has 0 heterocycles. The van der Waals surface area contributed by atoms with Gasteiger partial charge in [-0.15, -0.1) is 0 Å². The molecule has 0 saturated heterocycles. The Balaban J connectivity index is 0.908. The monoisotopic (exact) mass is 2540 g/mol. The van der Waals surface area contributed by atoms with Gasteiger partial charge in [-0.05, 0) is 304 Å². The molecular weight excluding hydrogens is 2440 g/mol. The second-order valence-corrected chi connectivity index (χ2v) is 37.0. The highest BCUT2D eigenvalue weighted by atomic mass is 127. The highest BCUT2D eigenvalue weighted by Gasteiger charge is 2.35. The lowest BCUT2D eigenvalue weighted by Gasteiger charge is -2.24. The van der Waals surface area contributed by atoms with Crippen molar-refractivity contribution in [3.8, 4) is 45.6 Å². The van der Waals surface area contributed by atoms with Gasteiger partial charge >= 0.3 is 30.2 Å². The number of amides is 5. The van der Waals surface area contributed by atoms with Crippen molar-refractivity contribution in [1.82, 2.24) is 26.6 Å². The van der Waals surface area contributed by atoms with Gasteiger partial charge in [-0.2, -0.15) is 0 Å². The average Bonchev–Trinajstić information content (AvgIpc) is 1.61. The SMILES string of the molecule is COC(=O)C(Cc1cc(I)c(Oc2cc(I)c(OCCOCCOCCOCCOCCNC(=O)OC(C)(C)C)c(I)c2)c(I)c1)NC(=O)C[C@H](NC(=O)OCC1c2ccccc2-c2ccccc21)C(=O)NC(Cc1cc(I)c(Oc2cc(I)c(OCCOCCOCCOCCOCCNC(=O)OC(C)(C)C)c(I)c2)c(I)c1)C(=O)OC. The van der Waals surface area contributed by atoms with Crippen molar-refractivity contribution in [2.75, 3.05) is 153 Å². The standard InChI is InChI=1S/C81H97I8N5O24/c1-80(2,3)117-77(99)90-17-19-104-21-23-106-25-27-108-29-31-110-33-35-112-70-62(86)43-51(44-63(70)87)115-72-58(82)37-49(38-59(72)83)41-67(75(97)102-7)92-69(95)47-66(94-79(101)114-48-57-55-15-11-9-13-53(55)54-14-10-12-16-56(54)57)74(96)93-68(76(98)103-8)42-50-39-60(84)73(61(85)40-50)116-52-45-64(88)71(65(89)46-52)113-36-34-111-32-30-109-28-26-107-24-22-105-20-18-91-78(100)118-81(4,5)6/h9-16,37-40,43-46,57,66-68H,17-36,41-42,47-48H2,1-8H3,(H,90,99)(H,91,100)(H,92,95)(H,93,96)(H,94,101)/t66-,67?,68?/m0/s1. The van der Waals surface area contributed by atoms with Crippen LogP contribution in [0, 0.1) is 28.6 Å². The summed E-state index contributed by atoms with van der Waals surface area (Å²) < 4.78 is 103. The Morgan fingerprint density at radius 2 is 0.703 bits per heavy atom. The summed E-state index contributed by atoms with van der Waals surface area (Å²) in [6.07, 6.45) is -2.84. The van der Waals surface area contributed by atoms with E-state index >= 15 is 0 Å². The van der Waals surface area contributed by atoms with E-state index in [1.165, 1.54) is 14.2 Å². The molecule has 0 saturated carbocycles. The average molecular weight is 2540 g/mol. The fourth-order valence-corrected chi connectivity index (χ4v) is 19.5. The second kappa shape index (κ2) is 53.1. The van der Waals surface area contributed by atoms with Gasteiger partial charge in [0.05, 0.1) is 155 Å². The summed E-state index contributed by atoms with van der Waals surface area (Å²) in [6.45, 7) is 17.9. The molecule has 3 atom stereocenters. The minimum absolute atomic E-state index is 0.0480. The summed E-state index contributed by atoms with van der Waals surface area (Å²) in [6, 6.07) is 26.1. The lowest BCUT2D eigenvalue weighted by atomic mass is 9.98. The molecule has 0 aromatic heterocycles. The van der Waals surface area contributed by atoms with Gasteiger partial charge in [0.15, 0.2) is 11.5 Å². The van der Waals surface area contributed by atoms with Crippen LogP contribution in [0.3, 0.4) is 0 Å². The number of methoxy groups -OCH3 is 2. The van der Waals surface area contributed by atoms with E-state index in [9.17, 15) is 33.6 Å². The van der Waals surface area contributed by atoms with Crippen molar-refractivity contribution in [1.29, 1.82) is 0 Å². The Morgan fingerprint density at radius 3 is 1.05 bits per heavy atom. The number of hydrogen-bond donors (Lipinski definition) is 5. The maximum atomic E-state index is 14.8. The lowest BCUT2D eigenvalue weighted by molar-refractivity contribution is -0.146. The first-order valence-electron chi connectivity index (χ1n) is 37.4. The highest BCUT2D eigenvalue weighted by molar-refractivity contribution is 14.1. The maximum absolute atomic E-state index is 14.8. The minimum Gasteiger partial charge on any atom is -0.489 e. The zero-order valence-corrected chi connectivity index (χ0v) is 83.6. The van der Waals surface area contributed by atoms with E-state index in [4.69, 9.17) is 80.5 Å². The molecule has 6 aromatic rings. The molecule has 7 rings (SSSR count). The topological polar surface area (TPSA) is 337 Å². The van der Waals surface area contributed by atoms with Crippen molar-refractivity contribution in [2.24, 2.45) is 0 Å². The number of hydrogen-bond acceptors (Lipinski definition) is 24. The van der Waals surface area contributed by atoms with Gasteiger partial charge < -0.3 is 107 Å². The fraction of sp³-hybridized carbons (Fsp3) is 0.469. The molecule has 5 N–H and O–H groups in total. The normalized spacial score (nSPS) is 12.6. The Morgan fingerprint density at radius 1 is 0.381 bits per heavy atom. The highest BCUT2D eigenvalue weighted by Crippen LogP contribution is 2.45. The molecular formula is C81H97I8N5O24. The third-order valence-electron chi connectivity index (χ3n) is 16.4. The van der Waals surface area contributed by atoms with E-state index in [-0.39, 0.29) is 25.4 Å². The van der Waals surface area contributed by atoms with Gasteiger partial charge in [-0.1, -0.05) is 48.5 Å². The third-order valence-corrected chi connectivity index (χ3v) is 22.8. The fourth-order valence-electron chi connectivity index (χ4n) is 11.2. The van der Waals surface area contributed by atoms with Crippen LogP contribution in [0.15, 0.2) is 97.1 Å². The van der Waals surface area contributed by atoms with Crippen LogP contribution < -0.4 is 45.5 Å². The summed E-state index contributed by atoms with van der Waals surface area (Å²) in [5, 5.41) is 13.3. The number of ether oxygens (including phenoxy) is 17. The number of fused-ring (bicyclic) bond motifs is 3. The van der Waals surface area contributed by atoms with Gasteiger partial charge in [-0.25, -0.2) is 24.0 Å². The summed E-state index contributed by atoms with van der Waals surface area (Å²) in [5.41, 5.74) is 4.03. The number of alkyl carbamates (subject to hydrolysis) is 3. The Labute approximate surface area is 796 Å². The molecule has 1 aliphatic rings. The summed E-state index contributed by atoms with van der Waals surface area (Å²) >= 11 is 17.4. The lowest BCUT2D eigenvalue weighted by Crippen LogP contribution is -2.54. The number of carbonyl (C=O) groups excluding carboxylic acids is 7. The first-order valence-corrected chi connectivity index (χ1v) is 46.0. The maximum Gasteiger partial charge on any atom is 0.407 e. The molecule has 2 unspecified atom stereocenters. The van der Waals surface area contributed by atoms with Gasteiger partial charge in [0.25, 0.3) is 0 Å². The number of carbonyl (C=O) groups is 7. The zero-order chi connectivity index (χ0) is 85.7. The van der Waals surface area contributed by atoms with Crippen LogP contribution in [0.25, 0.3) is 11.1 Å². The number of halogens is 8. The molecule has 118 heavy (non-hydrogen) atoms. The number of benzene rings is 6. The number of esters is 2. The van der Waals surface area contributed by atoms with Crippen molar-refractivity contribution in [3.63, 3.8) is 0 Å². The second-order valence-electron chi connectivity index (χ2n) is 27.7. The van der Waals surface area contributed by atoms with Crippen molar-refractivity contribution in [2.45, 2.75) is 96.1 Å². The molecule has 0 fully saturated rings. The third kappa shape index (κ3) is 36.1. The van der Waals surface area contributed by atoms with Gasteiger partial charge in [-0.3, -0.25) is 9.59 Å². The van der Waals surface area contributed by atoms with Crippen LogP contribution in [-0.4, -0.2) is 224 Å².